The lowest BCUT2D eigenvalue weighted by molar-refractivity contribution is 0.151. The van der Waals surface area contributed by atoms with E-state index in [-0.39, 0.29) is 0 Å². The third kappa shape index (κ3) is 5.54. The van der Waals surface area contributed by atoms with E-state index in [1.165, 1.54) is 77.0 Å². The molecule has 0 aromatic heterocycles. The maximum atomic E-state index is 5.31. The number of hydrogen-bond donors (Lipinski definition) is 0. The van der Waals surface area contributed by atoms with Crippen LogP contribution in [0.3, 0.4) is 0 Å². The average molecular weight is 287 g/mol. The summed E-state index contributed by atoms with van der Waals surface area (Å²) in [6, 6.07) is 0. The molecule has 0 aromatic carbocycles. The first-order valence-corrected chi connectivity index (χ1v) is 9.46. The first kappa shape index (κ1) is 16.7. The first-order chi connectivity index (χ1) is 10.3. The van der Waals surface area contributed by atoms with Crippen LogP contribution in [0.2, 0.25) is 0 Å². The molecule has 0 heterocycles. The Balaban J connectivity index is 1.65. The third-order valence-electron chi connectivity index (χ3n) is 6.06. The van der Waals surface area contributed by atoms with Crippen molar-refractivity contribution in [1.29, 1.82) is 0 Å². The molecule has 0 atom stereocenters. The van der Waals surface area contributed by atoms with Gasteiger partial charge >= 0.3 is 0 Å². The molecule has 0 radical (unpaired) electrons. The first-order valence-electron chi connectivity index (χ1n) is 9.46. The Hall–Kier alpha value is -0.700. The van der Waals surface area contributed by atoms with Gasteiger partial charge < -0.3 is 0 Å². The lowest BCUT2D eigenvalue weighted by Gasteiger charge is -2.37. The number of unbranched alkanes of at least 4 members (excludes halogenated alkanes) is 2. The van der Waals surface area contributed by atoms with Gasteiger partial charge in [0.2, 0.25) is 0 Å². The molecule has 0 N–H and O–H groups in total. The van der Waals surface area contributed by atoms with Crippen molar-refractivity contribution in [3.63, 3.8) is 0 Å². The summed E-state index contributed by atoms with van der Waals surface area (Å²) in [6.07, 6.45) is 27.0. The van der Waals surface area contributed by atoms with E-state index in [9.17, 15) is 0 Å². The molecule has 0 spiro atoms. The molecule has 2 aliphatic rings. The molecule has 0 nitrogen and oxygen atoms in total. The van der Waals surface area contributed by atoms with Crippen molar-refractivity contribution in [3.05, 3.63) is 12.2 Å². The quantitative estimate of drug-likeness (QED) is 0.393. The standard InChI is InChI=1S/C21H34/c1-3-5-7-9-19-12-16-21(17-13-19)20-14-10-18(11-15-20)8-6-4-2/h2,6,8,18-21H,3,5,7,9-17H2,1H3/b8-6+/t18-,19-,20-,21-. The third-order valence-corrected chi connectivity index (χ3v) is 6.06. The topological polar surface area (TPSA) is 0 Å². The molecule has 0 aromatic rings. The van der Waals surface area contributed by atoms with Gasteiger partial charge in [0.1, 0.15) is 0 Å². The zero-order valence-electron chi connectivity index (χ0n) is 14.0. The predicted molar refractivity (Wildman–Crippen MR) is 93.0 cm³/mol. The SMILES string of the molecule is C#C/C=C/[C@H]1CC[C@H]([C@H]2CC[C@H](CCCCC)CC2)CC1. The van der Waals surface area contributed by atoms with Crippen LogP contribution in [0.25, 0.3) is 0 Å². The molecule has 2 saturated carbocycles. The van der Waals surface area contributed by atoms with Crippen molar-refractivity contribution >= 4 is 0 Å². The van der Waals surface area contributed by atoms with E-state index in [1.54, 1.807) is 0 Å². The second kappa shape index (κ2) is 9.34. The van der Waals surface area contributed by atoms with Crippen molar-refractivity contribution in [1.82, 2.24) is 0 Å². The van der Waals surface area contributed by atoms with E-state index in [0.717, 1.165) is 23.7 Å². The van der Waals surface area contributed by atoms with Crippen molar-refractivity contribution in [2.24, 2.45) is 23.7 Å². The fourth-order valence-corrected chi connectivity index (χ4v) is 4.63. The fourth-order valence-electron chi connectivity index (χ4n) is 4.63. The number of hydrogen-bond acceptors (Lipinski definition) is 0. The highest BCUT2D eigenvalue weighted by atomic mass is 14.4. The van der Waals surface area contributed by atoms with E-state index >= 15 is 0 Å². The zero-order valence-corrected chi connectivity index (χ0v) is 14.0. The van der Waals surface area contributed by atoms with Crippen LogP contribution in [-0.4, -0.2) is 0 Å². The van der Waals surface area contributed by atoms with Crippen molar-refractivity contribution in [2.45, 2.75) is 84.0 Å². The summed E-state index contributed by atoms with van der Waals surface area (Å²) in [6.45, 7) is 2.31. The molecule has 0 bridgehead atoms. The second-order valence-electron chi connectivity index (χ2n) is 7.48. The summed E-state index contributed by atoms with van der Waals surface area (Å²) in [4.78, 5) is 0. The number of allylic oxidation sites excluding steroid dienone is 2. The van der Waals surface area contributed by atoms with Gasteiger partial charge in [-0.15, -0.1) is 6.42 Å². The van der Waals surface area contributed by atoms with Gasteiger partial charge in [0.15, 0.2) is 0 Å². The molecule has 2 fully saturated rings. The van der Waals surface area contributed by atoms with Crippen LogP contribution in [0.1, 0.15) is 84.0 Å². The van der Waals surface area contributed by atoms with E-state index in [1.807, 2.05) is 6.08 Å². The van der Waals surface area contributed by atoms with Gasteiger partial charge in [-0.2, -0.15) is 0 Å². The summed E-state index contributed by atoms with van der Waals surface area (Å²) in [5.74, 6) is 6.53. The lowest BCUT2D eigenvalue weighted by Crippen LogP contribution is -2.25. The summed E-state index contributed by atoms with van der Waals surface area (Å²) >= 11 is 0. The van der Waals surface area contributed by atoms with Gasteiger partial charge in [-0.1, -0.05) is 57.4 Å². The summed E-state index contributed by atoms with van der Waals surface area (Å²) in [7, 11) is 0. The van der Waals surface area contributed by atoms with E-state index in [4.69, 9.17) is 6.42 Å². The number of rotatable bonds is 6. The predicted octanol–water partition coefficient (Wildman–Crippen LogP) is 6.37. The van der Waals surface area contributed by atoms with Gasteiger partial charge in [0.25, 0.3) is 0 Å². The van der Waals surface area contributed by atoms with Crippen molar-refractivity contribution < 1.29 is 0 Å². The summed E-state index contributed by atoms with van der Waals surface area (Å²) in [5, 5.41) is 0. The van der Waals surface area contributed by atoms with Crippen molar-refractivity contribution in [3.8, 4) is 12.3 Å². The van der Waals surface area contributed by atoms with Gasteiger partial charge in [-0.05, 0) is 68.3 Å². The Morgan fingerprint density at radius 2 is 1.52 bits per heavy atom. The smallest absolute Gasteiger partial charge is 0.0159 e. The highest BCUT2D eigenvalue weighted by Gasteiger charge is 2.30. The van der Waals surface area contributed by atoms with Crippen molar-refractivity contribution in [2.75, 3.05) is 0 Å². The molecule has 2 rings (SSSR count). The minimum atomic E-state index is 0.766. The zero-order chi connectivity index (χ0) is 14.9. The summed E-state index contributed by atoms with van der Waals surface area (Å²) < 4.78 is 0. The highest BCUT2D eigenvalue weighted by Crippen LogP contribution is 2.42. The second-order valence-corrected chi connectivity index (χ2v) is 7.48. The Labute approximate surface area is 132 Å². The molecule has 2 aliphatic carbocycles. The molecule has 0 saturated heterocycles. The minimum absolute atomic E-state index is 0.766. The lowest BCUT2D eigenvalue weighted by atomic mass is 9.68. The van der Waals surface area contributed by atoms with Gasteiger partial charge in [0.05, 0.1) is 0 Å². The largest absolute Gasteiger partial charge is 0.115 e. The van der Waals surface area contributed by atoms with E-state index in [0.29, 0.717) is 0 Å². The molecule has 0 unspecified atom stereocenters. The fraction of sp³-hybridized carbons (Fsp3) is 0.810. The molecular weight excluding hydrogens is 252 g/mol. The van der Waals surface area contributed by atoms with Crippen LogP contribution in [0.5, 0.6) is 0 Å². The highest BCUT2D eigenvalue weighted by molar-refractivity contribution is 5.10. The van der Waals surface area contributed by atoms with Crippen LogP contribution in [0, 0.1) is 36.0 Å². The van der Waals surface area contributed by atoms with Gasteiger partial charge in [-0.25, -0.2) is 0 Å². The molecule has 0 amide bonds. The monoisotopic (exact) mass is 286 g/mol. The van der Waals surface area contributed by atoms with Crippen LogP contribution < -0.4 is 0 Å². The minimum Gasteiger partial charge on any atom is -0.115 e. The molecular formula is C21H34. The molecule has 118 valence electrons. The maximum absolute atomic E-state index is 5.31. The normalized spacial score (nSPS) is 33.9. The Morgan fingerprint density at radius 1 is 0.905 bits per heavy atom. The number of terminal acetylenes is 1. The van der Waals surface area contributed by atoms with Gasteiger partial charge in [0, 0.05) is 0 Å². The Morgan fingerprint density at radius 3 is 2.10 bits per heavy atom. The van der Waals surface area contributed by atoms with E-state index < -0.39 is 0 Å². The van der Waals surface area contributed by atoms with Crippen LogP contribution in [0.15, 0.2) is 12.2 Å². The Bertz CT molecular complexity index is 330. The molecule has 0 aliphatic heterocycles. The van der Waals surface area contributed by atoms with Crippen LogP contribution in [0.4, 0.5) is 0 Å². The molecule has 0 heteroatoms. The van der Waals surface area contributed by atoms with Crippen LogP contribution >= 0.6 is 0 Å². The van der Waals surface area contributed by atoms with E-state index in [2.05, 4.69) is 18.9 Å². The maximum Gasteiger partial charge on any atom is -0.0159 e. The Kier molecular flexibility index (Phi) is 7.42. The van der Waals surface area contributed by atoms with Gasteiger partial charge in [-0.3, -0.25) is 0 Å². The average Bonchev–Trinajstić information content (AvgIpc) is 2.54. The summed E-state index contributed by atoms with van der Waals surface area (Å²) in [5.41, 5.74) is 0. The van der Waals surface area contributed by atoms with Crippen LogP contribution in [-0.2, 0) is 0 Å². The molecule has 21 heavy (non-hydrogen) atoms.